The number of nitrogens with zero attached hydrogens (tertiary/aromatic N) is 2. The topological polar surface area (TPSA) is 104 Å². The van der Waals surface area contributed by atoms with Crippen molar-refractivity contribution in [3.8, 4) is 17.1 Å². The van der Waals surface area contributed by atoms with Crippen LogP contribution in [0.1, 0.15) is 11.3 Å². The number of carbonyl (C=O) groups is 1. The molecule has 2 heterocycles. The number of aromatic nitrogens is 3. The number of fused-ring (bicyclic) bond motifs is 1. The molecule has 0 aliphatic rings. The van der Waals surface area contributed by atoms with Crippen molar-refractivity contribution in [2.45, 2.75) is 13.5 Å². The maximum atomic E-state index is 11.4. The Kier molecular flexibility index (Phi) is 6.50. The fraction of sp³-hybridized carbons (Fsp3) is 0.208. The van der Waals surface area contributed by atoms with E-state index in [0.717, 1.165) is 33.6 Å². The van der Waals surface area contributed by atoms with Crippen LogP contribution in [0.25, 0.3) is 22.4 Å². The number of nitrogens with one attached hydrogen (secondary N) is 4. The van der Waals surface area contributed by atoms with E-state index < -0.39 is 0 Å². The van der Waals surface area contributed by atoms with Crippen molar-refractivity contribution in [3.05, 3.63) is 71.9 Å². The molecule has 0 fully saturated rings. The summed E-state index contributed by atoms with van der Waals surface area (Å²) in [7, 11) is 1.59. The number of urea groups is 1. The molecule has 0 bridgehead atoms. The smallest absolute Gasteiger partial charge is 0.314 e. The van der Waals surface area contributed by atoms with Gasteiger partial charge in [0.1, 0.15) is 23.8 Å². The van der Waals surface area contributed by atoms with Gasteiger partial charge < -0.3 is 25.7 Å². The molecule has 0 saturated heterocycles. The molecular formula is C24H26N6O2. The van der Waals surface area contributed by atoms with Crippen LogP contribution in [0.2, 0.25) is 0 Å². The van der Waals surface area contributed by atoms with Crippen molar-refractivity contribution < 1.29 is 9.53 Å². The summed E-state index contributed by atoms with van der Waals surface area (Å²) in [5.41, 5.74) is 3.63. The third kappa shape index (κ3) is 4.80. The Morgan fingerprint density at radius 3 is 2.44 bits per heavy atom. The Balaban J connectivity index is 1.64. The lowest BCUT2D eigenvalue weighted by atomic mass is 10.1. The number of aryl methyl sites for hydroxylation is 1. The molecule has 4 N–H and O–H groups in total. The van der Waals surface area contributed by atoms with Gasteiger partial charge in [0.05, 0.1) is 11.1 Å². The quantitative estimate of drug-likeness (QED) is 0.318. The van der Waals surface area contributed by atoms with Gasteiger partial charge in [-0.1, -0.05) is 48.5 Å². The lowest BCUT2D eigenvalue weighted by Crippen LogP contribution is -2.35. The number of para-hydroxylation sites is 1. The summed E-state index contributed by atoms with van der Waals surface area (Å²) < 4.78 is 5.94. The first-order valence-electron chi connectivity index (χ1n) is 10.5. The molecule has 0 aliphatic carbocycles. The number of aromatic amines is 1. The standard InChI is InChI=1S/C24H26N6O2/c1-16-19(15-32-18-11-7-4-8-12-18)28-23-20(16)22(26-13-14-27-24(31)25-2)29-21(30-23)17-9-5-3-6-10-17/h3-12H,13-15H2,1-2H3,(H2,25,27,31)(H2,26,28,29,30). The van der Waals surface area contributed by atoms with Gasteiger partial charge in [-0.3, -0.25) is 0 Å². The molecule has 4 aromatic rings. The van der Waals surface area contributed by atoms with E-state index in [1.807, 2.05) is 67.6 Å². The molecule has 2 aromatic heterocycles. The number of ether oxygens (including phenoxy) is 1. The van der Waals surface area contributed by atoms with Gasteiger partial charge in [-0.25, -0.2) is 14.8 Å². The van der Waals surface area contributed by atoms with Gasteiger partial charge in [-0.2, -0.15) is 0 Å². The second-order valence-electron chi connectivity index (χ2n) is 7.25. The Hall–Kier alpha value is -4.07. The zero-order valence-corrected chi connectivity index (χ0v) is 18.1. The second-order valence-corrected chi connectivity index (χ2v) is 7.25. The van der Waals surface area contributed by atoms with Crippen molar-refractivity contribution in [1.29, 1.82) is 0 Å². The number of carbonyl (C=O) groups excluding carboxylic acids is 1. The first-order valence-corrected chi connectivity index (χ1v) is 10.5. The van der Waals surface area contributed by atoms with E-state index >= 15 is 0 Å². The van der Waals surface area contributed by atoms with Crippen molar-refractivity contribution >= 4 is 22.9 Å². The minimum Gasteiger partial charge on any atom is -0.487 e. The summed E-state index contributed by atoms with van der Waals surface area (Å²) in [6.07, 6.45) is 0. The molecule has 2 amide bonds. The normalized spacial score (nSPS) is 10.7. The molecular weight excluding hydrogens is 404 g/mol. The fourth-order valence-electron chi connectivity index (χ4n) is 3.40. The van der Waals surface area contributed by atoms with Gasteiger partial charge in [-0.05, 0) is 24.6 Å². The number of amides is 2. The van der Waals surface area contributed by atoms with Crippen LogP contribution >= 0.6 is 0 Å². The minimum atomic E-state index is -0.220. The average Bonchev–Trinajstić information content (AvgIpc) is 3.16. The first kappa shape index (κ1) is 21.2. The zero-order valence-electron chi connectivity index (χ0n) is 18.1. The van der Waals surface area contributed by atoms with Crippen LogP contribution in [-0.4, -0.2) is 41.1 Å². The van der Waals surface area contributed by atoms with Crippen LogP contribution in [0.15, 0.2) is 60.7 Å². The largest absolute Gasteiger partial charge is 0.487 e. The maximum Gasteiger partial charge on any atom is 0.314 e. The Bertz CT molecular complexity index is 1190. The van der Waals surface area contributed by atoms with Crippen LogP contribution < -0.4 is 20.7 Å². The number of hydrogen-bond acceptors (Lipinski definition) is 5. The van der Waals surface area contributed by atoms with Gasteiger partial charge >= 0.3 is 6.03 Å². The number of benzene rings is 2. The highest BCUT2D eigenvalue weighted by atomic mass is 16.5. The molecule has 0 unspecified atom stereocenters. The second kappa shape index (κ2) is 9.82. The van der Waals surface area contributed by atoms with Crippen LogP contribution in [0.4, 0.5) is 10.6 Å². The number of rotatable bonds is 8. The fourth-order valence-corrected chi connectivity index (χ4v) is 3.40. The number of H-pyrrole nitrogens is 1. The lowest BCUT2D eigenvalue weighted by Gasteiger charge is -2.10. The highest BCUT2D eigenvalue weighted by Gasteiger charge is 2.17. The highest BCUT2D eigenvalue weighted by Crippen LogP contribution is 2.30. The van der Waals surface area contributed by atoms with Gasteiger partial charge in [0.25, 0.3) is 0 Å². The molecule has 4 rings (SSSR count). The van der Waals surface area contributed by atoms with E-state index in [4.69, 9.17) is 14.7 Å². The highest BCUT2D eigenvalue weighted by molar-refractivity contribution is 5.92. The van der Waals surface area contributed by atoms with Crippen molar-refractivity contribution in [2.75, 3.05) is 25.5 Å². The van der Waals surface area contributed by atoms with Gasteiger partial charge in [-0.15, -0.1) is 0 Å². The molecule has 2 aromatic carbocycles. The molecule has 8 nitrogen and oxygen atoms in total. The van der Waals surface area contributed by atoms with Crippen LogP contribution in [0.3, 0.4) is 0 Å². The zero-order chi connectivity index (χ0) is 22.3. The molecule has 0 saturated carbocycles. The summed E-state index contributed by atoms with van der Waals surface area (Å²) >= 11 is 0. The monoisotopic (exact) mass is 430 g/mol. The van der Waals surface area contributed by atoms with Crippen LogP contribution in [0.5, 0.6) is 5.75 Å². The van der Waals surface area contributed by atoms with Crippen LogP contribution in [-0.2, 0) is 6.61 Å². The molecule has 0 radical (unpaired) electrons. The minimum absolute atomic E-state index is 0.220. The average molecular weight is 431 g/mol. The van der Waals surface area contributed by atoms with E-state index in [1.54, 1.807) is 7.05 Å². The van der Waals surface area contributed by atoms with Gasteiger partial charge in [0.2, 0.25) is 0 Å². The predicted octanol–water partition coefficient (Wildman–Crippen LogP) is 3.85. The van der Waals surface area contributed by atoms with E-state index in [0.29, 0.717) is 31.3 Å². The molecule has 0 spiro atoms. The van der Waals surface area contributed by atoms with Gasteiger partial charge in [0, 0.05) is 25.7 Å². The number of anilines is 1. The molecule has 0 aliphatic heterocycles. The van der Waals surface area contributed by atoms with E-state index in [9.17, 15) is 4.79 Å². The molecule has 8 heteroatoms. The summed E-state index contributed by atoms with van der Waals surface area (Å²) in [6, 6.07) is 19.3. The van der Waals surface area contributed by atoms with Crippen molar-refractivity contribution in [3.63, 3.8) is 0 Å². The SMILES string of the molecule is CNC(=O)NCCNc1nc(-c2ccccc2)nc2[nH]c(COc3ccccc3)c(C)c12. The van der Waals surface area contributed by atoms with Gasteiger partial charge in [0.15, 0.2) is 5.82 Å². The van der Waals surface area contributed by atoms with Crippen molar-refractivity contribution in [1.82, 2.24) is 25.6 Å². The molecule has 32 heavy (non-hydrogen) atoms. The third-order valence-corrected chi connectivity index (χ3v) is 5.09. The Labute approximate surface area is 186 Å². The third-order valence-electron chi connectivity index (χ3n) is 5.09. The molecule has 0 atom stereocenters. The van der Waals surface area contributed by atoms with Crippen molar-refractivity contribution in [2.24, 2.45) is 0 Å². The number of hydrogen-bond donors (Lipinski definition) is 4. The summed E-state index contributed by atoms with van der Waals surface area (Å²) in [4.78, 5) is 24.4. The maximum absolute atomic E-state index is 11.4. The molecule has 164 valence electrons. The van der Waals surface area contributed by atoms with E-state index in [-0.39, 0.29) is 6.03 Å². The predicted molar refractivity (Wildman–Crippen MR) is 126 cm³/mol. The van der Waals surface area contributed by atoms with E-state index in [2.05, 4.69) is 20.9 Å². The Morgan fingerprint density at radius 1 is 1.00 bits per heavy atom. The summed E-state index contributed by atoms with van der Waals surface area (Å²) in [5.74, 6) is 2.14. The summed E-state index contributed by atoms with van der Waals surface area (Å²) in [6.45, 7) is 3.40. The summed E-state index contributed by atoms with van der Waals surface area (Å²) in [5, 5.41) is 9.58. The Morgan fingerprint density at radius 2 is 1.72 bits per heavy atom. The lowest BCUT2D eigenvalue weighted by molar-refractivity contribution is 0.243. The first-order chi connectivity index (χ1) is 15.7. The van der Waals surface area contributed by atoms with E-state index in [1.165, 1.54) is 0 Å². The van der Waals surface area contributed by atoms with Crippen LogP contribution in [0, 0.1) is 6.92 Å².